The van der Waals surface area contributed by atoms with Crippen LogP contribution in [-0.4, -0.2) is 12.0 Å². The summed E-state index contributed by atoms with van der Waals surface area (Å²) in [6.45, 7) is 0. The van der Waals surface area contributed by atoms with Gasteiger partial charge in [-0.25, -0.2) is 9.18 Å². The number of fused-ring (bicyclic) bond motifs is 2. The second-order valence-corrected chi connectivity index (χ2v) is 4.95. The fraction of sp³-hybridized carbons (Fsp3) is 0.273. The van der Waals surface area contributed by atoms with Crippen molar-refractivity contribution in [2.75, 3.05) is 0 Å². The zero-order valence-corrected chi connectivity index (χ0v) is 10.1. The van der Waals surface area contributed by atoms with E-state index in [1.54, 1.807) is 6.07 Å². The van der Waals surface area contributed by atoms with Crippen LogP contribution in [0.5, 0.6) is 0 Å². The highest BCUT2D eigenvalue weighted by Gasteiger charge is 2.54. The molecule has 1 heterocycles. The second kappa shape index (κ2) is 3.29. The Morgan fingerprint density at radius 1 is 1.41 bits per heavy atom. The Bertz CT molecular complexity index is 560. The first kappa shape index (κ1) is 10.7. The van der Waals surface area contributed by atoms with Crippen LogP contribution in [0.4, 0.5) is 9.18 Å². The molecule has 0 aromatic heterocycles. The lowest BCUT2D eigenvalue weighted by atomic mass is 9.95. The number of nitrogens with one attached hydrogen (secondary N) is 1. The third kappa shape index (κ3) is 1.33. The summed E-state index contributed by atoms with van der Waals surface area (Å²) in [4.78, 5) is 22.9. The molecule has 2 amide bonds. The van der Waals surface area contributed by atoms with E-state index in [-0.39, 0.29) is 0 Å². The molecule has 0 saturated carbocycles. The summed E-state index contributed by atoms with van der Waals surface area (Å²) >= 11 is 3.09. The molecule has 4 nitrogen and oxygen atoms in total. The van der Waals surface area contributed by atoms with E-state index < -0.39 is 23.4 Å². The SMILES string of the molecule is O=C1NC(=O)[C@@]2(CCc3cc(Br)c(F)cc32)O1. The number of halogens is 2. The molecule has 2 aliphatic rings. The molecular formula is C11H7BrFNO3. The predicted molar refractivity (Wildman–Crippen MR) is 58.7 cm³/mol. The smallest absolute Gasteiger partial charge is 0.415 e. The molecule has 1 aliphatic heterocycles. The minimum Gasteiger partial charge on any atom is -0.427 e. The standard InChI is InChI=1S/C11H7BrFNO3/c12-7-3-5-1-2-11(6(5)4-8(7)13)9(15)14-10(16)17-11/h3-4H,1-2H2,(H,14,15,16)/t11-/m0/s1. The van der Waals surface area contributed by atoms with E-state index in [0.717, 1.165) is 5.56 Å². The number of hydrogen-bond acceptors (Lipinski definition) is 3. The van der Waals surface area contributed by atoms with Crippen LogP contribution in [0.2, 0.25) is 0 Å². The Labute approximate surface area is 104 Å². The van der Waals surface area contributed by atoms with Crippen molar-refractivity contribution >= 4 is 27.9 Å². The number of carbonyl (C=O) groups excluding carboxylic acids is 2. The molecular weight excluding hydrogens is 293 g/mol. The van der Waals surface area contributed by atoms with Gasteiger partial charge in [-0.15, -0.1) is 0 Å². The van der Waals surface area contributed by atoms with Crippen molar-refractivity contribution in [3.8, 4) is 0 Å². The number of hydrogen-bond donors (Lipinski definition) is 1. The van der Waals surface area contributed by atoms with Gasteiger partial charge in [0.05, 0.1) is 4.47 Å². The maximum Gasteiger partial charge on any atom is 0.415 e. The van der Waals surface area contributed by atoms with Crippen LogP contribution in [0.25, 0.3) is 0 Å². The van der Waals surface area contributed by atoms with E-state index in [4.69, 9.17) is 4.74 Å². The highest BCUT2D eigenvalue weighted by atomic mass is 79.9. The van der Waals surface area contributed by atoms with Crippen LogP contribution < -0.4 is 5.32 Å². The third-order valence-electron chi connectivity index (χ3n) is 3.18. The van der Waals surface area contributed by atoms with Crippen LogP contribution in [0.3, 0.4) is 0 Å². The molecule has 1 N–H and O–H groups in total. The Morgan fingerprint density at radius 3 is 2.82 bits per heavy atom. The fourth-order valence-corrected chi connectivity index (χ4v) is 2.77. The van der Waals surface area contributed by atoms with Crippen LogP contribution in [-0.2, 0) is 21.6 Å². The molecule has 1 spiro atoms. The summed E-state index contributed by atoms with van der Waals surface area (Å²) in [6, 6.07) is 2.88. The largest absolute Gasteiger partial charge is 0.427 e. The number of rotatable bonds is 0. The Hall–Kier alpha value is -1.43. The molecule has 0 bridgehead atoms. The topological polar surface area (TPSA) is 55.4 Å². The van der Waals surface area contributed by atoms with Crippen molar-refractivity contribution in [3.63, 3.8) is 0 Å². The van der Waals surface area contributed by atoms with Gasteiger partial charge in [-0.3, -0.25) is 10.1 Å². The maximum atomic E-state index is 13.5. The first-order valence-electron chi connectivity index (χ1n) is 5.06. The lowest BCUT2D eigenvalue weighted by Gasteiger charge is -2.19. The van der Waals surface area contributed by atoms with Crippen LogP contribution in [0.1, 0.15) is 17.5 Å². The molecule has 1 fully saturated rings. The summed E-state index contributed by atoms with van der Waals surface area (Å²) in [6.07, 6.45) is 0.163. The minimum absolute atomic E-state index is 0.345. The van der Waals surface area contributed by atoms with Gasteiger partial charge in [0.25, 0.3) is 5.91 Å². The zero-order chi connectivity index (χ0) is 12.2. The summed E-state index contributed by atoms with van der Waals surface area (Å²) in [5, 5.41) is 2.09. The van der Waals surface area contributed by atoms with Crippen LogP contribution >= 0.6 is 15.9 Å². The molecule has 17 heavy (non-hydrogen) atoms. The van der Waals surface area contributed by atoms with Crippen molar-refractivity contribution in [2.24, 2.45) is 0 Å². The van der Waals surface area contributed by atoms with Gasteiger partial charge in [-0.1, -0.05) is 0 Å². The van der Waals surface area contributed by atoms with Crippen molar-refractivity contribution in [1.82, 2.24) is 5.32 Å². The van der Waals surface area contributed by atoms with Crippen molar-refractivity contribution in [3.05, 3.63) is 33.5 Å². The van der Waals surface area contributed by atoms with E-state index >= 15 is 0 Å². The summed E-state index contributed by atoms with van der Waals surface area (Å²) in [5.41, 5.74) is -0.0572. The van der Waals surface area contributed by atoms with Crippen molar-refractivity contribution < 1.29 is 18.7 Å². The molecule has 1 aromatic rings. The Balaban J connectivity index is 2.19. The zero-order valence-electron chi connectivity index (χ0n) is 8.55. The molecule has 0 unspecified atom stereocenters. The molecule has 1 saturated heterocycles. The monoisotopic (exact) mass is 299 g/mol. The van der Waals surface area contributed by atoms with E-state index in [2.05, 4.69) is 21.2 Å². The molecule has 3 rings (SSSR count). The minimum atomic E-state index is -1.33. The predicted octanol–water partition coefficient (Wildman–Crippen LogP) is 2.00. The van der Waals surface area contributed by atoms with Crippen LogP contribution in [0, 0.1) is 5.82 Å². The van der Waals surface area contributed by atoms with Gasteiger partial charge in [-0.2, -0.15) is 0 Å². The van der Waals surface area contributed by atoms with Gasteiger partial charge >= 0.3 is 6.09 Å². The molecule has 1 aromatic carbocycles. The summed E-state index contributed by atoms with van der Waals surface area (Å²) in [5.74, 6) is -0.983. The van der Waals surface area contributed by atoms with E-state index in [1.807, 2.05) is 0 Å². The number of benzene rings is 1. The highest BCUT2D eigenvalue weighted by Crippen LogP contribution is 2.44. The number of amides is 2. The van der Waals surface area contributed by atoms with Gasteiger partial charge in [-0.05, 0) is 40.0 Å². The average Bonchev–Trinajstić information content (AvgIpc) is 2.73. The van der Waals surface area contributed by atoms with Crippen molar-refractivity contribution in [1.29, 1.82) is 0 Å². The Morgan fingerprint density at radius 2 is 2.18 bits per heavy atom. The summed E-state index contributed by atoms with van der Waals surface area (Å²) in [7, 11) is 0. The molecule has 1 atom stereocenters. The molecule has 0 radical (unpaired) electrons. The highest BCUT2D eigenvalue weighted by molar-refractivity contribution is 9.10. The normalized spacial score (nSPS) is 26.0. The van der Waals surface area contributed by atoms with E-state index in [9.17, 15) is 14.0 Å². The lowest BCUT2D eigenvalue weighted by molar-refractivity contribution is -0.131. The number of ether oxygens (including phenoxy) is 1. The first-order valence-corrected chi connectivity index (χ1v) is 5.85. The average molecular weight is 300 g/mol. The first-order chi connectivity index (χ1) is 8.03. The van der Waals surface area contributed by atoms with Gasteiger partial charge in [0.2, 0.25) is 5.60 Å². The van der Waals surface area contributed by atoms with Crippen LogP contribution in [0.15, 0.2) is 16.6 Å². The van der Waals surface area contributed by atoms with E-state index in [1.165, 1.54) is 6.07 Å². The number of imide groups is 1. The molecule has 6 heteroatoms. The maximum absolute atomic E-state index is 13.5. The van der Waals surface area contributed by atoms with Gasteiger partial charge in [0, 0.05) is 12.0 Å². The summed E-state index contributed by atoms with van der Waals surface area (Å²) < 4.78 is 18.9. The third-order valence-corrected chi connectivity index (χ3v) is 3.78. The molecule has 88 valence electrons. The van der Waals surface area contributed by atoms with Crippen molar-refractivity contribution in [2.45, 2.75) is 18.4 Å². The van der Waals surface area contributed by atoms with E-state index in [0.29, 0.717) is 22.9 Å². The number of aryl methyl sites for hydroxylation is 1. The van der Waals surface area contributed by atoms with Gasteiger partial charge < -0.3 is 4.74 Å². The number of carbonyl (C=O) groups is 2. The van der Waals surface area contributed by atoms with Gasteiger partial charge in [0.1, 0.15) is 5.82 Å². The molecule has 1 aliphatic carbocycles. The lowest BCUT2D eigenvalue weighted by Crippen LogP contribution is -2.34. The Kier molecular flexibility index (Phi) is 2.07. The van der Waals surface area contributed by atoms with Gasteiger partial charge in [0.15, 0.2) is 0 Å². The number of alkyl carbamates (subject to hydrolysis) is 1. The quantitative estimate of drug-likeness (QED) is 0.797. The second-order valence-electron chi connectivity index (χ2n) is 4.09. The fourth-order valence-electron chi connectivity index (χ4n) is 2.38.